The first-order chi connectivity index (χ1) is 15.6. The second kappa shape index (κ2) is 12.2. The van der Waals surface area contributed by atoms with Crippen molar-refractivity contribution in [3.8, 4) is 0 Å². The number of hydrogen-bond donors (Lipinski definition) is 3. The Hall–Kier alpha value is -2.34. The Bertz CT molecular complexity index is 824. The van der Waals surface area contributed by atoms with Crippen LogP contribution in [0, 0.1) is 5.92 Å². The average molecular weight is 484 g/mol. The van der Waals surface area contributed by atoms with Crippen LogP contribution in [-0.2, 0) is 28.6 Å². The van der Waals surface area contributed by atoms with E-state index in [1.165, 1.54) is 25.6 Å². The molecule has 11 heteroatoms. The van der Waals surface area contributed by atoms with Crippen LogP contribution < -0.4 is 16.0 Å². The molecule has 4 unspecified atom stereocenters. The smallest absolute Gasteiger partial charge is 0.262 e. The lowest BCUT2D eigenvalue weighted by atomic mass is 9.93. The molecule has 1 saturated heterocycles. The summed E-state index contributed by atoms with van der Waals surface area (Å²) in [5.41, 5.74) is -0.886. The number of epoxide rings is 1. The second-order valence-corrected chi connectivity index (χ2v) is 9.50. The summed E-state index contributed by atoms with van der Waals surface area (Å²) in [6, 6.07) is 0.513. The number of carbonyl (C=O) groups excluding carboxylic acids is 4. The zero-order valence-electron chi connectivity index (χ0n) is 19.6. The van der Waals surface area contributed by atoms with Gasteiger partial charge in [-0.2, -0.15) is 0 Å². The van der Waals surface area contributed by atoms with Crippen LogP contribution in [0.2, 0.25) is 0 Å². The van der Waals surface area contributed by atoms with Gasteiger partial charge in [0.15, 0.2) is 5.78 Å². The molecule has 1 aromatic heterocycles. The minimum atomic E-state index is -1.07. The van der Waals surface area contributed by atoms with Gasteiger partial charge in [-0.15, -0.1) is 11.3 Å². The van der Waals surface area contributed by atoms with Crippen molar-refractivity contribution in [3.63, 3.8) is 0 Å². The highest BCUT2D eigenvalue weighted by molar-refractivity contribution is 7.12. The summed E-state index contributed by atoms with van der Waals surface area (Å²) in [7, 11) is 2.80. The first kappa shape index (κ1) is 26.9. The summed E-state index contributed by atoms with van der Waals surface area (Å²) in [6.45, 7) is 5.69. The maximum atomic E-state index is 13.0. The zero-order chi connectivity index (χ0) is 24.6. The SMILES string of the molecule is COCC(NC(=O)c1cccs1)C(=O)NC(COC)C(=O)NC(CC(C)C)C(=O)C1(C)CO1. The van der Waals surface area contributed by atoms with E-state index < -0.39 is 41.4 Å². The lowest BCUT2D eigenvalue weighted by Gasteiger charge is -2.26. The number of methoxy groups -OCH3 is 2. The Morgan fingerprint density at radius 1 is 1.03 bits per heavy atom. The number of ether oxygens (including phenoxy) is 3. The van der Waals surface area contributed by atoms with Gasteiger partial charge in [-0.3, -0.25) is 19.2 Å². The predicted octanol–water partition coefficient (Wildman–Crippen LogP) is 0.513. The van der Waals surface area contributed by atoms with Crippen LogP contribution in [0.3, 0.4) is 0 Å². The third kappa shape index (κ3) is 7.88. The Balaban J connectivity index is 2.07. The Labute approximate surface area is 197 Å². The number of carbonyl (C=O) groups is 4. The van der Waals surface area contributed by atoms with Crippen LogP contribution >= 0.6 is 11.3 Å². The lowest BCUT2D eigenvalue weighted by molar-refractivity contribution is -0.134. The summed E-state index contributed by atoms with van der Waals surface area (Å²) < 4.78 is 15.4. The molecule has 33 heavy (non-hydrogen) atoms. The molecule has 10 nitrogen and oxygen atoms in total. The molecule has 1 aromatic rings. The van der Waals surface area contributed by atoms with Gasteiger partial charge < -0.3 is 30.2 Å². The lowest BCUT2D eigenvalue weighted by Crippen LogP contribution is -2.58. The molecule has 0 spiro atoms. The standard InChI is InChI=1S/C22H33N3O7S/c1-13(2)9-14(18(26)22(3)12-32-22)23-19(27)15(10-30-4)24-20(28)16(11-31-5)25-21(29)17-7-6-8-33-17/h6-8,13-16H,9-12H2,1-5H3,(H,23,27)(H,24,28)(H,25,29). The highest BCUT2D eigenvalue weighted by atomic mass is 32.1. The molecule has 2 rings (SSSR count). The van der Waals surface area contributed by atoms with E-state index in [1.54, 1.807) is 24.4 Å². The van der Waals surface area contributed by atoms with E-state index in [4.69, 9.17) is 14.2 Å². The third-order valence-electron chi connectivity index (χ3n) is 5.11. The van der Waals surface area contributed by atoms with Crippen LogP contribution in [-0.4, -0.2) is 81.3 Å². The number of rotatable bonds is 14. The van der Waals surface area contributed by atoms with Gasteiger partial charge >= 0.3 is 0 Å². The average Bonchev–Trinajstić information content (AvgIpc) is 3.27. The molecule has 0 aromatic carbocycles. The minimum absolute atomic E-state index is 0.0889. The van der Waals surface area contributed by atoms with Crippen molar-refractivity contribution in [2.45, 2.75) is 50.9 Å². The van der Waals surface area contributed by atoms with E-state index in [2.05, 4.69) is 16.0 Å². The number of nitrogens with one attached hydrogen (secondary N) is 3. The molecular formula is C22H33N3O7S. The van der Waals surface area contributed by atoms with E-state index >= 15 is 0 Å². The van der Waals surface area contributed by atoms with Crippen molar-refractivity contribution in [1.29, 1.82) is 0 Å². The number of Topliss-reactive ketones (excluding diaryl/α,β-unsaturated/α-hetero) is 1. The van der Waals surface area contributed by atoms with Crippen molar-refractivity contribution in [1.82, 2.24) is 16.0 Å². The van der Waals surface area contributed by atoms with E-state index in [9.17, 15) is 19.2 Å². The fourth-order valence-electron chi connectivity index (χ4n) is 3.20. The van der Waals surface area contributed by atoms with Gasteiger partial charge in [0, 0.05) is 14.2 Å². The maximum absolute atomic E-state index is 13.0. The molecule has 1 aliphatic rings. The van der Waals surface area contributed by atoms with E-state index in [0.717, 1.165) is 0 Å². The highest BCUT2D eigenvalue weighted by Gasteiger charge is 2.50. The quantitative estimate of drug-likeness (QED) is 0.328. The summed E-state index contributed by atoms with van der Waals surface area (Å²) in [4.78, 5) is 51.5. The fraction of sp³-hybridized carbons (Fsp3) is 0.636. The maximum Gasteiger partial charge on any atom is 0.262 e. The summed E-state index contributed by atoms with van der Waals surface area (Å²) >= 11 is 1.24. The highest BCUT2D eigenvalue weighted by Crippen LogP contribution is 2.29. The van der Waals surface area contributed by atoms with Crippen LogP contribution in [0.25, 0.3) is 0 Å². The number of ketones is 1. The number of hydrogen-bond acceptors (Lipinski definition) is 8. The zero-order valence-corrected chi connectivity index (χ0v) is 20.5. The molecule has 184 valence electrons. The van der Waals surface area contributed by atoms with Gasteiger partial charge in [0.1, 0.15) is 17.7 Å². The Morgan fingerprint density at radius 3 is 2.03 bits per heavy atom. The van der Waals surface area contributed by atoms with Gasteiger partial charge in [0.25, 0.3) is 5.91 Å². The molecular weight excluding hydrogens is 450 g/mol. The van der Waals surface area contributed by atoms with Crippen molar-refractivity contribution in [2.24, 2.45) is 5.92 Å². The van der Waals surface area contributed by atoms with E-state index in [1.807, 2.05) is 13.8 Å². The predicted molar refractivity (Wildman–Crippen MR) is 122 cm³/mol. The molecule has 4 atom stereocenters. The molecule has 0 radical (unpaired) electrons. The first-order valence-corrected chi connectivity index (χ1v) is 11.6. The Morgan fingerprint density at radius 2 is 1.58 bits per heavy atom. The monoisotopic (exact) mass is 483 g/mol. The largest absolute Gasteiger partial charge is 0.382 e. The molecule has 3 N–H and O–H groups in total. The van der Waals surface area contributed by atoms with Gasteiger partial charge in [0.2, 0.25) is 11.8 Å². The summed E-state index contributed by atoms with van der Waals surface area (Å²) in [5.74, 6) is -1.64. The van der Waals surface area contributed by atoms with Crippen LogP contribution in [0.15, 0.2) is 17.5 Å². The van der Waals surface area contributed by atoms with Gasteiger partial charge in [-0.1, -0.05) is 19.9 Å². The van der Waals surface area contributed by atoms with E-state index in [0.29, 0.717) is 17.9 Å². The van der Waals surface area contributed by atoms with Crippen molar-refractivity contribution < 1.29 is 33.4 Å². The second-order valence-electron chi connectivity index (χ2n) is 8.55. The Kier molecular flexibility index (Phi) is 9.96. The summed E-state index contributed by atoms with van der Waals surface area (Å²) in [6.07, 6.45) is 0.431. The van der Waals surface area contributed by atoms with Crippen LogP contribution in [0.1, 0.15) is 36.9 Å². The number of amides is 3. The molecule has 3 amide bonds. The first-order valence-electron chi connectivity index (χ1n) is 10.7. The minimum Gasteiger partial charge on any atom is -0.382 e. The van der Waals surface area contributed by atoms with Gasteiger partial charge in [0.05, 0.1) is 30.7 Å². The fourth-order valence-corrected chi connectivity index (χ4v) is 3.83. The van der Waals surface area contributed by atoms with Crippen molar-refractivity contribution in [2.75, 3.05) is 34.0 Å². The third-order valence-corrected chi connectivity index (χ3v) is 5.97. The molecule has 2 heterocycles. The summed E-state index contributed by atoms with van der Waals surface area (Å²) in [5, 5.41) is 9.70. The molecule has 0 bridgehead atoms. The molecule has 0 saturated carbocycles. The van der Waals surface area contributed by atoms with Gasteiger partial charge in [-0.25, -0.2) is 0 Å². The number of thiophene rings is 1. The topological polar surface area (TPSA) is 135 Å². The van der Waals surface area contributed by atoms with Crippen molar-refractivity contribution in [3.05, 3.63) is 22.4 Å². The van der Waals surface area contributed by atoms with Gasteiger partial charge in [-0.05, 0) is 30.7 Å². The molecule has 1 aliphatic heterocycles. The van der Waals surface area contributed by atoms with Crippen LogP contribution in [0.4, 0.5) is 0 Å². The molecule has 1 fully saturated rings. The molecule has 0 aliphatic carbocycles. The van der Waals surface area contributed by atoms with Crippen molar-refractivity contribution >= 4 is 34.8 Å². The normalized spacial score (nSPS) is 19.9. The van der Waals surface area contributed by atoms with E-state index in [-0.39, 0.29) is 24.9 Å². The van der Waals surface area contributed by atoms with Crippen LogP contribution in [0.5, 0.6) is 0 Å².